The summed E-state index contributed by atoms with van der Waals surface area (Å²) in [5, 5.41) is 2.79. The summed E-state index contributed by atoms with van der Waals surface area (Å²) in [7, 11) is 3.26. The molecule has 0 fully saturated rings. The SMILES string of the molecule is C=CCOCC(COC)(COCC=C)COC(=O)Nc1ccc(Cc2ccc(CC(=O)Oc3ccc(C(C)(C)c4ccc(OC)c(CC=C)c4)cc3CC=C)cc2)cc1. The number of nitrogens with one attached hydrogen (secondary N) is 1. The zero-order valence-corrected chi connectivity index (χ0v) is 35.1. The zero-order chi connectivity index (χ0) is 42.7. The molecule has 9 heteroatoms. The van der Waals surface area contributed by atoms with Crippen LogP contribution in [-0.2, 0) is 54.8 Å². The highest BCUT2D eigenvalue weighted by atomic mass is 16.6. The van der Waals surface area contributed by atoms with Gasteiger partial charge in [0.1, 0.15) is 18.1 Å². The highest BCUT2D eigenvalue weighted by molar-refractivity contribution is 5.84. The second-order valence-corrected chi connectivity index (χ2v) is 15.0. The van der Waals surface area contributed by atoms with Crippen LogP contribution in [0.1, 0.15) is 52.8 Å². The molecular formula is C50H59NO8. The van der Waals surface area contributed by atoms with E-state index in [0.29, 0.717) is 43.9 Å². The van der Waals surface area contributed by atoms with Crippen molar-refractivity contribution in [1.82, 2.24) is 0 Å². The zero-order valence-electron chi connectivity index (χ0n) is 35.1. The Kier molecular flexibility index (Phi) is 17.9. The van der Waals surface area contributed by atoms with E-state index in [1.165, 1.54) is 0 Å². The molecule has 59 heavy (non-hydrogen) atoms. The van der Waals surface area contributed by atoms with Crippen molar-refractivity contribution in [2.45, 2.75) is 44.9 Å². The first kappa shape index (κ1) is 46.0. The molecule has 1 amide bonds. The summed E-state index contributed by atoms with van der Waals surface area (Å²) in [5.41, 5.74) is 6.78. The summed E-state index contributed by atoms with van der Waals surface area (Å²) >= 11 is 0. The molecule has 0 aromatic heterocycles. The highest BCUT2D eigenvalue weighted by Crippen LogP contribution is 2.37. The average molecular weight is 802 g/mol. The van der Waals surface area contributed by atoms with E-state index in [1.54, 1.807) is 26.4 Å². The molecule has 312 valence electrons. The lowest BCUT2D eigenvalue weighted by molar-refractivity contribution is -0.133. The minimum Gasteiger partial charge on any atom is -0.496 e. The molecule has 9 nitrogen and oxygen atoms in total. The summed E-state index contributed by atoms with van der Waals surface area (Å²) in [6.07, 6.45) is 8.47. The molecule has 0 spiro atoms. The van der Waals surface area contributed by atoms with Gasteiger partial charge in [0.2, 0.25) is 0 Å². The van der Waals surface area contributed by atoms with E-state index in [-0.39, 0.29) is 44.2 Å². The molecule has 4 aromatic carbocycles. The molecule has 0 radical (unpaired) electrons. The summed E-state index contributed by atoms with van der Waals surface area (Å²) < 4.78 is 33.9. The topological polar surface area (TPSA) is 102 Å². The van der Waals surface area contributed by atoms with Crippen molar-refractivity contribution in [3.8, 4) is 11.5 Å². The molecule has 0 heterocycles. The van der Waals surface area contributed by atoms with Crippen LogP contribution in [0.4, 0.5) is 10.5 Å². The molecule has 0 bridgehead atoms. The predicted octanol–water partition coefficient (Wildman–Crippen LogP) is 9.80. The first-order valence-corrected chi connectivity index (χ1v) is 19.7. The number of ether oxygens (including phenoxy) is 6. The van der Waals surface area contributed by atoms with Crippen molar-refractivity contribution in [2.75, 3.05) is 59.2 Å². The van der Waals surface area contributed by atoms with E-state index in [0.717, 1.165) is 44.7 Å². The summed E-state index contributed by atoms with van der Waals surface area (Å²) in [4.78, 5) is 25.9. The van der Waals surface area contributed by atoms with Gasteiger partial charge in [-0.05, 0) is 82.5 Å². The number of carbonyl (C=O) groups is 2. The second kappa shape index (κ2) is 23.0. The minimum atomic E-state index is -0.701. The number of benzene rings is 4. The molecule has 0 aliphatic heterocycles. The minimum absolute atomic E-state index is 0.0263. The van der Waals surface area contributed by atoms with Crippen LogP contribution in [0.25, 0.3) is 0 Å². The van der Waals surface area contributed by atoms with E-state index in [4.69, 9.17) is 28.4 Å². The number of amides is 1. The molecule has 0 saturated heterocycles. The van der Waals surface area contributed by atoms with Gasteiger partial charge in [0, 0.05) is 18.2 Å². The summed E-state index contributed by atoms with van der Waals surface area (Å²) in [6.45, 7) is 21.1. The Balaban J connectivity index is 1.33. The number of anilines is 1. The van der Waals surface area contributed by atoms with Gasteiger partial charge in [0.05, 0.1) is 52.0 Å². The fourth-order valence-corrected chi connectivity index (χ4v) is 6.72. The predicted molar refractivity (Wildman–Crippen MR) is 236 cm³/mol. The van der Waals surface area contributed by atoms with E-state index < -0.39 is 11.5 Å². The van der Waals surface area contributed by atoms with Crippen LogP contribution < -0.4 is 14.8 Å². The quantitative estimate of drug-likeness (QED) is 0.0306. The maximum Gasteiger partial charge on any atom is 0.411 e. The van der Waals surface area contributed by atoms with Crippen LogP contribution in [0.15, 0.2) is 136 Å². The molecule has 0 aliphatic rings. The molecule has 0 aliphatic carbocycles. The third-order valence-corrected chi connectivity index (χ3v) is 9.96. The van der Waals surface area contributed by atoms with Crippen molar-refractivity contribution in [3.05, 3.63) is 174 Å². The van der Waals surface area contributed by atoms with Gasteiger partial charge in [0.15, 0.2) is 0 Å². The smallest absolute Gasteiger partial charge is 0.411 e. The standard InChI is InChI=1S/C50H59NO8/c1-9-13-40-31-42(21-25-45(40)55-8)49(5,6)43-22-26-46(41(32-43)14-10-2)59-47(52)30-39-17-15-37(16-18-39)29-38-19-23-44(24-20-38)51-48(53)58-36-50(33-54-7,34-56-27-11-3)35-57-28-12-4/h9-12,15-26,31-32H,1-4,13-14,27-30,33-36H2,5-8H3,(H,51,53). The lowest BCUT2D eigenvalue weighted by Crippen LogP contribution is -2.42. The van der Waals surface area contributed by atoms with Gasteiger partial charge in [0.25, 0.3) is 0 Å². The molecular weight excluding hydrogens is 743 g/mol. The number of hydrogen-bond acceptors (Lipinski definition) is 8. The van der Waals surface area contributed by atoms with Gasteiger partial charge >= 0.3 is 12.1 Å². The Morgan fingerprint density at radius 1 is 0.644 bits per heavy atom. The number of rotatable bonds is 25. The highest BCUT2D eigenvalue weighted by Gasteiger charge is 2.33. The maximum absolute atomic E-state index is 13.2. The van der Waals surface area contributed by atoms with Crippen LogP contribution in [0, 0.1) is 5.41 Å². The first-order valence-electron chi connectivity index (χ1n) is 19.7. The van der Waals surface area contributed by atoms with Gasteiger partial charge < -0.3 is 28.4 Å². The van der Waals surface area contributed by atoms with Crippen LogP contribution in [0.3, 0.4) is 0 Å². The fourth-order valence-electron chi connectivity index (χ4n) is 6.72. The van der Waals surface area contributed by atoms with Crippen molar-refractivity contribution < 1.29 is 38.0 Å². The van der Waals surface area contributed by atoms with Gasteiger partial charge in [-0.3, -0.25) is 10.1 Å². The lowest BCUT2D eigenvalue weighted by atomic mass is 9.77. The first-order chi connectivity index (χ1) is 28.5. The number of methoxy groups -OCH3 is 2. The second-order valence-electron chi connectivity index (χ2n) is 15.0. The monoisotopic (exact) mass is 801 g/mol. The van der Waals surface area contributed by atoms with Crippen LogP contribution >= 0.6 is 0 Å². The van der Waals surface area contributed by atoms with E-state index in [2.05, 4.69) is 63.7 Å². The number of carbonyl (C=O) groups excluding carboxylic acids is 2. The summed E-state index contributed by atoms with van der Waals surface area (Å²) in [6, 6.07) is 27.8. The summed E-state index contributed by atoms with van der Waals surface area (Å²) in [5.74, 6) is 1.03. The van der Waals surface area contributed by atoms with Crippen molar-refractivity contribution in [2.24, 2.45) is 5.41 Å². The normalized spacial score (nSPS) is 11.3. The number of hydrogen-bond donors (Lipinski definition) is 1. The van der Waals surface area contributed by atoms with E-state index in [1.807, 2.05) is 78.9 Å². The molecule has 4 rings (SSSR count). The third kappa shape index (κ3) is 13.7. The Labute approximate surface area is 350 Å². The third-order valence-electron chi connectivity index (χ3n) is 9.96. The van der Waals surface area contributed by atoms with Gasteiger partial charge in [-0.15, -0.1) is 26.3 Å². The van der Waals surface area contributed by atoms with E-state index in [9.17, 15) is 9.59 Å². The number of allylic oxidation sites excluding steroid dienone is 2. The molecule has 0 saturated carbocycles. The lowest BCUT2D eigenvalue weighted by Gasteiger charge is -2.31. The Hall–Kier alpha value is -5.74. The van der Waals surface area contributed by atoms with Gasteiger partial charge in [-0.25, -0.2) is 4.79 Å². The fraction of sp³-hybridized carbons (Fsp3) is 0.320. The number of esters is 1. The van der Waals surface area contributed by atoms with Crippen molar-refractivity contribution >= 4 is 17.7 Å². The van der Waals surface area contributed by atoms with Crippen molar-refractivity contribution in [1.29, 1.82) is 0 Å². The largest absolute Gasteiger partial charge is 0.496 e. The molecule has 0 unspecified atom stereocenters. The van der Waals surface area contributed by atoms with Crippen LogP contribution in [0.5, 0.6) is 11.5 Å². The van der Waals surface area contributed by atoms with Crippen LogP contribution in [0.2, 0.25) is 0 Å². The van der Waals surface area contributed by atoms with Crippen molar-refractivity contribution in [3.63, 3.8) is 0 Å². The Morgan fingerprint density at radius 3 is 1.69 bits per heavy atom. The molecule has 1 N–H and O–H groups in total. The van der Waals surface area contributed by atoms with E-state index >= 15 is 0 Å². The molecule has 4 aromatic rings. The van der Waals surface area contributed by atoms with Gasteiger partial charge in [-0.2, -0.15) is 0 Å². The maximum atomic E-state index is 13.2. The van der Waals surface area contributed by atoms with Gasteiger partial charge in [-0.1, -0.05) is 98.8 Å². The van der Waals surface area contributed by atoms with Crippen LogP contribution in [-0.4, -0.2) is 65.9 Å². The average Bonchev–Trinajstić information content (AvgIpc) is 3.22. The Bertz CT molecular complexity index is 2000. The Morgan fingerprint density at radius 2 is 1.17 bits per heavy atom. The molecule has 0 atom stereocenters.